The lowest BCUT2D eigenvalue weighted by molar-refractivity contribution is 0.153. The third-order valence-corrected chi connectivity index (χ3v) is 6.95. The van der Waals surface area contributed by atoms with Crippen molar-refractivity contribution in [2.45, 2.75) is 19.3 Å². The van der Waals surface area contributed by atoms with Crippen LogP contribution in [0.25, 0.3) is 10.2 Å². The van der Waals surface area contributed by atoms with E-state index in [0.29, 0.717) is 6.61 Å². The van der Waals surface area contributed by atoms with E-state index in [0.717, 1.165) is 71.1 Å². The van der Waals surface area contributed by atoms with Crippen molar-refractivity contribution in [3.63, 3.8) is 0 Å². The van der Waals surface area contributed by atoms with Crippen LogP contribution in [0.2, 0.25) is 0 Å². The minimum atomic E-state index is -0.239. The Hall–Kier alpha value is -2.58. The number of anilines is 1. The quantitative estimate of drug-likeness (QED) is 0.458. The zero-order valence-corrected chi connectivity index (χ0v) is 19.4. The number of thiazole rings is 1. The summed E-state index contributed by atoms with van der Waals surface area (Å²) in [7, 11) is 3.32. The lowest BCUT2D eigenvalue weighted by atomic mass is 9.93. The van der Waals surface area contributed by atoms with Crippen molar-refractivity contribution in [2.24, 2.45) is 5.92 Å². The first-order valence-corrected chi connectivity index (χ1v) is 11.8. The molecule has 0 atom stereocenters. The van der Waals surface area contributed by atoms with E-state index in [9.17, 15) is 4.39 Å². The number of hydrogen-bond donors (Lipinski definition) is 1. The minimum Gasteiger partial charge on any atom is -0.497 e. The third-order valence-electron chi connectivity index (χ3n) is 5.91. The number of aromatic nitrogens is 1. The van der Waals surface area contributed by atoms with Gasteiger partial charge in [0.2, 0.25) is 0 Å². The number of piperidine rings is 1. The molecule has 6 nitrogen and oxygen atoms in total. The van der Waals surface area contributed by atoms with Crippen LogP contribution in [-0.4, -0.2) is 56.9 Å². The van der Waals surface area contributed by atoms with Gasteiger partial charge in [-0.15, -0.1) is 0 Å². The normalized spacial score (nSPS) is 15.1. The highest BCUT2D eigenvalue weighted by molar-refractivity contribution is 7.22. The standard InChI is InChI=1S/C24H30FN3O3S/c1-29-20-15-21-23(22(16-20)30-2)32-24(27-21)26-10-7-17-8-11-28(12-9-17)13-14-31-19-5-3-18(25)4-6-19/h3-6,15-17H,7-14H2,1-2H3,(H,26,27). The van der Waals surface area contributed by atoms with Gasteiger partial charge < -0.3 is 19.5 Å². The second kappa shape index (κ2) is 10.8. The van der Waals surface area contributed by atoms with E-state index in [1.807, 2.05) is 12.1 Å². The van der Waals surface area contributed by atoms with E-state index in [1.165, 1.54) is 25.0 Å². The van der Waals surface area contributed by atoms with E-state index < -0.39 is 0 Å². The number of nitrogens with one attached hydrogen (secondary N) is 1. The molecule has 4 rings (SSSR count). The summed E-state index contributed by atoms with van der Waals surface area (Å²) in [5.74, 6) is 2.75. The van der Waals surface area contributed by atoms with Gasteiger partial charge in [0.05, 0.1) is 24.4 Å². The molecule has 32 heavy (non-hydrogen) atoms. The SMILES string of the molecule is COc1cc(OC)c2sc(NCCC3CCN(CCOc4ccc(F)cc4)CC3)nc2c1. The Bertz CT molecular complexity index is 1000. The Morgan fingerprint density at radius 3 is 2.59 bits per heavy atom. The van der Waals surface area contributed by atoms with Gasteiger partial charge in [0.25, 0.3) is 0 Å². The molecule has 0 radical (unpaired) electrons. The molecule has 0 aliphatic carbocycles. The highest BCUT2D eigenvalue weighted by Gasteiger charge is 2.19. The van der Waals surface area contributed by atoms with Crippen molar-refractivity contribution in [3.05, 3.63) is 42.2 Å². The summed E-state index contributed by atoms with van der Waals surface area (Å²) in [6.07, 6.45) is 3.53. The first-order valence-electron chi connectivity index (χ1n) is 11.0. The molecule has 8 heteroatoms. The molecule has 0 saturated carbocycles. The van der Waals surface area contributed by atoms with E-state index in [4.69, 9.17) is 19.2 Å². The van der Waals surface area contributed by atoms with E-state index in [-0.39, 0.29) is 5.82 Å². The summed E-state index contributed by atoms with van der Waals surface area (Å²) < 4.78 is 30.5. The maximum Gasteiger partial charge on any atom is 0.183 e. The summed E-state index contributed by atoms with van der Waals surface area (Å²) in [5, 5.41) is 4.41. The zero-order valence-electron chi connectivity index (χ0n) is 18.6. The topological polar surface area (TPSA) is 55.9 Å². The first-order chi connectivity index (χ1) is 15.6. The van der Waals surface area contributed by atoms with Gasteiger partial charge in [-0.1, -0.05) is 11.3 Å². The molecule has 172 valence electrons. The molecule has 0 spiro atoms. The number of likely N-dealkylation sites (tertiary alicyclic amines) is 1. The Morgan fingerprint density at radius 1 is 1.09 bits per heavy atom. The van der Waals surface area contributed by atoms with Crippen LogP contribution >= 0.6 is 11.3 Å². The fraction of sp³-hybridized carbons (Fsp3) is 0.458. The highest BCUT2D eigenvalue weighted by Crippen LogP contribution is 2.37. The van der Waals surface area contributed by atoms with Crippen molar-refractivity contribution >= 4 is 26.7 Å². The molecule has 2 aromatic carbocycles. The van der Waals surface area contributed by atoms with Gasteiger partial charge in [0.15, 0.2) is 5.13 Å². The van der Waals surface area contributed by atoms with Crippen molar-refractivity contribution < 1.29 is 18.6 Å². The van der Waals surface area contributed by atoms with Gasteiger partial charge in [-0.05, 0) is 62.5 Å². The largest absolute Gasteiger partial charge is 0.497 e. The highest BCUT2D eigenvalue weighted by atomic mass is 32.1. The van der Waals surface area contributed by atoms with Gasteiger partial charge in [0.1, 0.15) is 29.7 Å². The molecule has 3 aromatic rings. The maximum atomic E-state index is 12.9. The van der Waals surface area contributed by atoms with Gasteiger partial charge in [-0.3, -0.25) is 4.90 Å². The average Bonchev–Trinajstić information content (AvgIpc) is 3.23. The smallest absolute Gasteiger partial charge is 0.183 e. The predicted molar refractivity (Wildman–Crippen MR) is 127 cm³/mol. The summed E-state index contributed by atoms with van der Waals surface area (Å²) in [6, 6.07) is 10.0. The van der Waals surface area contributed by atoms with Gasteiger partial charge >= 0.3 is 0 Å². The van der Waals surface area contributed by atoms with Crippen LogP contribution in [0.3, 0.4) is 0 Å². The second-order valence-electron chi connectivity index (χ2n) is 8.00. The molecular formula is C24H30FN3O3S. The fourth-order valence-corrected chi connectivity index (χ4v) is 4.99. The van der Waals surface area contributed by atoms with Crippen molar-refractivity contribution in [2.75, 3.05) is 52.3 Å². The van der Waals surface area contributed by atoms with Crippen LogP contribution < -0.4 is 19.5 Å². The number of benzene rings is 2. The summed E-state index contributed by atoms with van der Waals surface area (Å²) in [5.41, 5.74) is 0.893. The van der Waals surface area contributed by atoms with Gasteiger partial charge in [-0.2, -0.15) is 0 Å². The number of hydrogen-bond acceptors (Lipinski definition) is 7. The molecule has 1 aliphatic heterocycles. The second-order valence-corrected chi connectivity index (χ2v) is 9.00. The molecule has 1 saturated heterocycles. The van der Waals surface area contributed by atoms with Crippen LogP contribution in [0.5, 0.6) is 17.2 Å². The Kier molecular flexibility index (Phi) is 7.65. The Morgan fingerprint density at radius 2 is 1.88 bits per heavy atom. The van der Waals surface area contributed by atoms with Crippen LogP contribution in [-0.2, 0) is 0 Å². The molecule has 1 aromatic heterocycles. The zero-order chi connectivity index (χ0) is 22.3. The molecule has 0 unspecified atom stereocenters. The van der Waals surface area contributed by atoms with Crippen LogP contribution in [0, 0.1) is 11.7 Å². The molecule has 1 N–H and O–H groups in total. The minimum absolute atomic E-state index is 0.239. The van der Waals surface area contributed by atoms with Crippen LogP contribution in [0.1, 0.15) is 19.3 Å². The lowest BCUT2D eigenvalue weighted by Crippen LogP contribution is -2.36. The van der Waals surface area contributed by atoms with E-state index in [1.54, 1.807) is 37.7 Å². The fourth-order valence-electron chi connectivity index (χ4n) is 4.03. The van der Waals surface area contributed by atoms with Crippen molar-refractivity contribution in [1.29, 1.82) is 0 Å². The number of nitrogens with zero attached hydrogens (tertiary/aromatic N) is 2. The molecular weight excluding hydrogens is 429 g/mol. The molecule has 2 heterocycles. The molecule has 0 amide bonds. The number of fused-ring (bicyclic) bond motifs is 1. The number of halogens is 1. The first kappa shape index (κ1) is 22.6. The van der Waals surface area contributed by atoms with Crippen LogP contribution in [0.4, 0.5) is 9.52 Å². The monoisotopic (exact) mass is 459 g/mol. The van der Waals surface area contributed by atoms with Crippen LogP contribution in [0.15, 0.2) is 36.4 Å². The predicted octanol–water partition coefficient (Wildman–Crippen LogP) is 5.05. The number of methoxy groups -OCH3 is 2. The summed E-state index contributed by atoms with van der Waals surface area (Å²) in [4.78, 5) is 7.14. The summed E-state index contributed by atoms with van der Waals surface area (Å²) >= 11 is 1.62. The molecule has 1 aliphatic rings. The third kappa shape index (κ3) is 5.81. The van der Waals surface area contributed by atoms with Gasteiger partial charge in [0, 0.05) is 25.2 Å². The lowest BCUT2D eigenvalue weighted by Gasteiger charge is -2.31. The van der Waals surface area contributed by atoms with E-state index >= 15 is 0 Å². The average molecular weight is 460 g/mol. The van der Waals surface area contributed by atoms with Crippen molar-refractivity contribution in [1.82, 2.24) is 9.88 Å². The molecule has 1 fully saturated rings. The Balaban J connectivity index is 1.17. The van der Waals surface area contributed by atoms with Gasteiger partial charge in [-0.25, -0.2) is 9.37 Å². The summed E-state index contributed by atoms with van der Waals surface area (Å²) in [6.45, 7) is 4.63. The van der Waals surface area contributed by atoms with E-state index in [2.05, 4.69) is 10.2 Å². The van der Waals surface area contributed by atoms with Crippen molar-refractivity contribution in [3.8, 4) is 17.2 Å². The number of ether oxygens (including phenoxy) is 3. The molecule has 0 bridgehead atoms. The maximum absolute atomic E-state index is 12.9. The Labute approximate surface area is 192 Å². The number of rotatable bonds is 10.